The maximum absolute atomic E-state index is 13.3. The normalized spacial score (nSPS) is 11.1. The molecule has 1 aromatic carbocycles. The van der Waals surface area contributed by atoms with Crippen LogP contribution in [0.1, 0.15) is 0 Å². The molecule has 0 amide bonds. The largest absolute Gasteiger partial charge is 0.361 e. The van der Waals surface area contributed by atoms with E-state index in [9.17, 15) is 4.39 Å². The van der Waals surface area contributed by atoms with Gasteiger partial charge in [0.2, 0.25) is 0 Å². The van der Waals surface area contributed by atoms with Crippen molar-refractivity contribution in [2.45, 2.75) is 0 Å². The number of pyridine rings is 1. The highest BCUT2D eigenvalue weighted by molar-refractivity contribution is 5.82. The minimum atomic E-state index is -0.228. The number of rotatable bonds is 2. The Labute approximate surface area is 120 Å². The van der Waals surface area contributed by atoms with Crippen molar-refractivity contribution >= 4 is 10.9 Å². The van der Waals surface area contributed by atoms with Crippen LogP contribution >= 0.6 is 0 Å². The van der Waals surface area contributed by atoms with Crippen molar-refractivity contribution in [2.75, 3.05) is 0 Å². The molecule has 4 rings (SSSR count). The fourth-order valence-corrected chi connectivity index (χ4v) is 2.54. The third-order valence-electron chi connectivity index (χ3n) is 3.55. The second-order valence-electron chi connectivity index (χ2n) is 4.88. The van der Waals surface area contributed by atoms with Gasteiger partial charge in [0.1, 0.15) is 11.6 Å². The van der Waals surface area contributed by atoms with Crippen LogP contribution in [0.5, 0.6) is 0 Å². The maximum atomic E-state index is 13.3. The lowest BCUT2D eigenvalue weighted by molar-refractivity contribution is 0.629. The minimum Gasteiger partial charge on any atom is -0.361 e. The summed E-state index contributed by atoms with van der Waals surface area (Å²) in [6.45, 7) is 0. The van der Waals surface area contributed by atoms with E-state index < -0.39 is 0 Å². The molecule has 4 heteroatoms. The third kappa shape index (κ3) is 2.01. The van der Waals surface area contributed by atoms with Crippen LogP contribution in [0.3, 0.4) is 0 Å². The summed E-state index contributed by atoms with van der Waals surface area (Å²) in [5.41, 5.74) is 3.04. The molecule has 0 aliphatic rings. The molecule has 3 aromatic heterocycles. The first-order valence-electron chi connectivity index (χ1n) is 6.68. The zero-order valence-electron chi connectivity index (χ0n) is 11.1. The molecule has 0 saturated heterocycles. The Bertz CT molecular complexity index is 907. The quantitative estimate of drug-likeness (QED) is 0.586. The molecule has 4 aromatic rings. The Morgan fingerprint density at radius 2 is 2.00 bits per heavy atom. The molecule has 0 fully saturated rings. The number of nitrogens with zero attached hydrogens (tertiary/aromatic N) is 2. The predicted molar refractivity (Wildman–Crippen MR) is 80.8 cm³/mol. The van der Waals surface area contributed by atoms with E-state index in [1.165, 1.54) is 12.1 Å². The monoisotopic (exact) mass is 277 g/mol. The molecule has 3 heterocycles. The van der Waals surface area contributed by atoms with E-state index in [0.717, 1.165) is 28.0 Å². The lowest BCUT2D eigenvalue weighted by atomic mass is 10.2. The number of hydrogen-bond acceptors (Lipinski definition) is 1. The van der Waals surface area contributed by atoms with Crippen molar-refractivity contribution in [2.24, 2.45) is 0 Å². The number of H-pyrrole nitrogens is 1. The molecule has 3 nitrogen and oxygen atoms in total. The molecule has 1 N–H and O–H groups in total. The average molecular weight is 277 g/mol. The van der Waals surface area contributed by atoms with Crippen LogP contribution in [0.2, 0.25) is 0 Å². The van der Waals surface area contributed by atoms with E-state index in [1.807, 2.05) is 47.3 Å². The number of aromatic amines is 1. The van der Waals surface area contributed by atoms with E-state index in [-0.39, 0.29) is 5.82 Å². The molecule has 0 spiro atoms. The highest BCUT2D eigenvalue weighted by Crippen LogP contribution is 2.23. The fraction of sp³-hybridized carbons (Fsp3) is 0. The molecule has 0 aliphatic carbocycles. The lowest BCUT2D eigenvalue weighted by Gasteiger charge is -2.06. The van der Waals surface area contributed by atoms with Gasteiger partial charge in [-0.25, -0.2) is 9.37 Å². The summed E-state index contributed by atoms with van der Waals surface area (Å²) in [6, 6.07) is 14.6. The van der Waals surface area contributed by atoms with Crippen molar-refractivity contribution in [1.82, 2.24) is 14.5 Å². The molecule has 21 heavy (non-hydrogen) atoms. The number of halogens is 1. The Kier molecular flexibility index (Phi) is 2.60. The summed E-state index contributed by atoms with van der Waals surface area (Å²) in [5, 5.41) is 0.863. The number of nitrogens with one attached hydrogen (secondary N) is 1. The Morgan fingerprint density at radius 1 is 1.05 bits per heavy atom. The van der Waals surface area contributed by atoms with Crippen molar-refractivity contribution in [3.8, 4) is 17.1 Å². The van der Waals surface area contributed by atoms with Gasteiger partial charge in [-0.2, -0.15) is 0 Å². The number of benzene rings is 1. The molecule has 0 aliphatic heterocycles. The Morgan fingerprint density at radius 3 is 2.86 bits per heavy atom. The molecular weight excluding hydrogens is 265 g/mol. The van der Waals surface area contributed by atoms with E-state index in [0.29, 0.717) is 0 Å². The van der Waals surface area contributed by atoms with Gasteiger partial charge in [0, 0.05) is 35.2 Å². The van der Waals surface area contributed by atoms with Gasteiger partial charge >= 0.3 is 0 Å². The van der Waals surface area contributed by atoms with Gasteiger partial charge in [0.25, 0.3) is 0 Å². The summed E-state index contributed by atoms with van der Waals surface area (Å²) in [4.78, 5) is 7.60. The van der Waals surface area contributed by atoms with Gasteiger partial charge in [-0.3, -0.25) is 0 Å². The SMILES string of the molecule is Fc1ccc2c(ccn2-c2cc(-c3ccc[nH]3)ccn2)c1. The van der Waals surface area contributed by atoms with Crippen molar-refractivity contribution < 1.29 is 4.39 Å². The van der Waals surface area contributed by atoms with Gasteiger partial charge < -0.3 is 9.55 Å². The molecule has 0 atom stereocenters. The Hall–Kier alpha value is -2.88. The van der Waals surface area contributed by atoms with Crippen molar-refractivity contribution in [3.63, 3.8) is 0 Å². The maximum Gasteiger partial charge on any atom is 0.137 e. The molecular formula is C17H12FN3. The Balaban J connectivity index is 1.87. The first-order valence-corrected chi connectivity index (χ1v) is 6.68. The van der Waals surface area contributed by atoms with E-state index >= 15 is 0 Å². The van der Waals surface area contributed by atoms with Crippen molar-refractivity contribution in [1.29, 1.82) is 0 Å². The third-order valence-corrected chi connectivity index (χ3v) is 3.55. The van der Waals surface area contributed by atoms with Gasteiger partial charge in [0.05, 0.1) is 5.52 Å². The van der Waals surface area contributed by atoms with E-state index in [4.69, 9.17) is 0 Å². The molecule has 102 valence electrons. The second kappa shape index (κ2) is 4.59. The average Bonchev–Trinajstić information content (AvgIpc) is 3.16. The van der Waals surface area contributed by atoms with E-state index in [1.54, 1.807) is 12.3 Å². The van der Waals surface area contributed by atoms with Gasteiger partial charge in [-0.15, -0.1) is 0 Å². The molecule has 0 radical (unpaired) electrons. The van der Waals surface area contributed by atoms with E-state index in [2.05, 4.69) is 9.97 Å². The van der Waals surface area contributed by atoms with Crippen LogP contribution in [0.15, 0.2) is 67.1 Å². The first kappa shape index (κ1) is 11.9. The summed E-state index contributed by atoms with van der Waals surface area (Å²) in [6.07, 6.45) is 5.58. The standard InChI is InChI=1S/C17H12FN3/c18-14-3-4-16-13(10-14)6-9-21(16)17-11-12(5-8-20-17)15-2-1-7-19-15/h1-11,19H. The summed E-state index contributed by atoms with van der Waals surface area (Å²) in [5.74, 6) is 0.581. The molecule has 0 saturated carbocycles. The van der Waals surface area contributed by atoms with Crippen molar-refractivity contribution in [3.05, 3.63) is 72.9 Å². The summed E-state index contributed by atoms with van der Waals surface area (Å²) < 4.78 is 15.2. The summed E-state index contributed by atoms with van der Waals surface area (Å²) >= 11 is 0. The lowest BCUT2D eigenvalue weighted by Crippen LogP contribution is -1.96. The molecule has 0 unspecified atom stereocenters. The highest BCUT2D eigenvalue weighted by atomic mass is 19.1. The zero-order valence-corrected chi connectivity index (χ0v) is 11.1. The zero-order chi connectivity index (χ0) is 14.2. The fourth-order valence-electron chi connectivity index (χ4n) is 2.54. The van der Waals surface area contributed by atoms with Gasteiger partial charge in [0.15, 0.2) is 0 Å². The highest BCUT2D eigenvalue weighted by Gasteiger charge is 2.07. The van der Waals surface area contributed by atoms with Gasteiger partial charge in [-0.1, -0.05) is 0 Å². The second-order valence-corrected chi connectivity index (χ2v) is 4.88. The predicted octanol–water partition coefficient (Wildman–Crippen LogP) is 4.16. The number of aromatic nitrogens is 3. The number of hydrogen-bond donors (Lipinski definition) is 1. The molecule has 0 bridgehead atoms. The first-order chi connectivity index (χ1) is 10.3. The summed E-state index contributed by atoms with van der Waals surface area (Å²) in [7, 11) is 0. The van der Waals surface area contributed by atoms with Crippen LogP contribution in [-0.2, 0) is 0 Å². The van der Waals surface area contributed by atoms with Crippen LogP contribution < -0.4 is 0 Å². The number of fused-ring (bicyclic) bond motifs is 1. The smallest absolute Gasteiger partial charge is 0.137 e. The van der Waals surface area contributed by atoms with Crippen LogP contribution in [0.25, 0.3) is 28.0 Å². The van der Waals surface area contributed by atoms with Crippen LogP contribution in [0, 0.1) is 5.82 Å². The topological polar surface area (TPSA) is 33.6 Å². The van der Waals surface area contributed by atoms with Crippen LogP contribution in [0.4, 0.5) is 4.39 Å². The minimum absolute atomic E-state index is 0.228. The van der Waals surface area contributed by atoms with Crippen LogP contribution in [-0.4, -0.2) is 14.5 Å². The van der Waals surface area contributed by atoms with Gasteiger partial charge in [-0.05, 0) is 48.5 Å².